The SMILES string of the molecule is Cc1nccc(CN(CC2CCNCC2)C2CC2)n1. The predicted octanol–water partition coefficient (Wildman–Crippen LogP) is 1.75. The third-order valence-corrected chi connectivity index (χ3v) is 4.21. The van der Waals surface area contributed by atoms with Crippen LogP contribution in [-0.2, 0) is 6.54 Å². The van der Waals surface area contributed by atoms with Crippen LogP contribution < -0.4 is 5.32 Å². The molecule has 1 N–H and O–H groups in total. The van der Waals surface area contributed by atoms with Gasteiger partial charge in [-0.25, -0.2) is 9.97 Å². The molecule has 1 aromatic heterocycles. The minimum absolute atomic E-state index is 0.810. The zero-order valence-corrected chi connectivity index (χ0v) is 11.8. The molecule has 0 amide bonds. The standard InChI is InChI=1S/C15H24N4/c1-12-17-9-6-14(18-12)11-19(15-2-3-15)10-13-4-7-16-8-5-13/h6,9,13,15-16H,2-5,7-8,10-11H2,1H3. The van der Waals surface area contributed by atoms with E-state index < -0.39 is 0 Å². The molecule has 0 radical (unpaired) electrons. The topological polar surface area (TPSA) is 41.1 Å². The van der Waals surface area contributed by atoms with Crippen molar-refractivity contribution < 1.29 is 0 Å². The smallest absolute Gasteiger partial charge is 0.125 e. The van der Waals surface area contributed by atoms with E-state index >= 15 is 0 Å². The largest absolute Gasteiger partial charge is 0.317 e. The number of hydrogen-bond acceptors (Lipinski definition) is 4. The van der Waals surface area contributed by atoms with E-state index in [0.717, 1.165) is 24.3 Å². The number of rotatable bonds is 5. The van der Waals surface area contributed by atoms with Gasteiger partial charge in [0.25, 0.3) is 0 Å². The summed E-state index contributed by atoms with van der Waals surface area (Å²) in [5.41, 5.74) is 1.17. The van der Waals surface area contributed by atoms with E-state index in [4.69, 9.17) is 0 Å². The number of nitrogens with one attached hydrogen (secondary N) is 1. The maximum Gasteiger partial charge on any atom is 0.125 e. The van der Waals surface area contributed by atoms with Gasteiger partial charge in [-0.3, -0.25) is 4.90 Å². The fourth-order valence-electron chi connectivity index (χ4n) is 2.98. The fraction of sp³-hybridized carbons (Fsp3) is 0.733. The second-order valence-corrected chi connectivity index (χ2v) is 5.95. The van der Waals surface area contributed by atoms with Crippen LogP contribution in [0.5, 0.6) is 0 Å². The summed E-state index contributed by atoms with van der Waals surface area (Å²) in [5, 5.41) is 3.45. The van der Waals surface area contributed by atoms with Crippen LogP contribution in [0.25, 0.3) is 0 Å². The van der Waals surface area contributed by atoms with Crippen LogP contribution in [-0.4, -0.2) is 40.5 Å². The number of aromatic nitrogens is 2. The number of nitrogens with zero attached hydrogens (tertiary/aromatic N) is 3. The van der Waals surface area contributed by atoms with Crippen LogP contribution in [0.2, 0.25) is 0 Å². The van der Waals surface area contributed by atoms with Crippen molar-refractivity contribution in [2.75, 3.05) is 19.6 Å². The summed E-state index contributed by atoms with van der Waals surface area (Å²) < 4.78 is 0. The summed E-state index contributed by atoms with van der Waals surface area (Å²) in [6, 6.07) is 2.87. The van der Waals surface area contributed by atoms with Crippen LogP contribution in [0.1, 0.15) is 37.2 Å². The Morgan fingerprint density at radius 1 is 1.26 bits per heavy atom. The van der Waals surface area contributed by atoms with Crippen molar-refractivity contribution in [2.24, 2.45) is 5.92 Å². The molecular formula is C15H24N4. The Morgan fingerprint density at radius 2 is 2.05 bits per heavy atom. The van der Waals surface area contributed by atoms with Crippen molar-refractivity contribution in [1.29, 1.82) is 0 Å². The van der Waals surface area contributed by atoms with Gasteiger partial charge in [0, 0.05) is 25.3 Å². The minimum Gasteiger partial charge on any atom is -0.317 e. The van der Waals surface area contributed by atoms with Gasteiger partial charge in [-0.2, -0.15) is 0 Å². The second kappa shape index (κ2) is 5.97. The van der Waals surface area contributed by atoms with Crippen LogP contribution in [0.4, 0.5) is 0 Å². The summed E-state index contributed by atoms with van der Waals surface area (Å²) in [6.07, 6.45) is 7.27. The van der Waals surface area contributed by atoms with Crippen molar-refractivity contribution in [1.82, 2.24) is 20.2 Å². The first-order chi connectivity index (χ1) is 9.31. The van der Waals surface area contributed by atoms with Crippen LogP contribution >= 0.6 is 0 Å². The van der Waals surface area contributed by atoms with Crippen molar-refractivity contribution in [2.45, 2.75) is 45.2 Å². The molecule has 2 fully saturated rings. The fourth-order valence-corrected chi connectivity index (χ4v) is 2.98. The van der Waals surface area contributed by atoms with Crippen molar-refractivity contribution in [3.63, 3.8) is 0 Å². The average molecular weight is 260 g/mol. The van der Waals surface area contributed by atoms with E-state index in [-0.39, 0.29) is 0 Å². The molecule has 2 aliphatic rings. The molecule has 4 nitrogen and oxygen atoms in total. The van der Waals surface area contributed by atoms with Gasteiger partial charge in [-0.15, -0.1) is 0 Å². The molecule has 3 rings (SSSR count). The maximum atomic E-state index is 4.55. The van der Waals surface area contributed by atoms with Gasteiger partial charge in [0.15, 0.2) is 0 Å². The Morgan fingerprint density at radius 3 is 2.74 bits per heavy atom. The third-order valence-electron chi connectivity index (χ3n) is 4.21. The van der Waals surface area contributed by atoms with E-state index in [1.54, 1.807) is 0 Å². The van der Waals surface area contributed by atoms with Gasteiger partial charge >= 0.3 is 0 Å². The summed E-state index contributed by atoms with van der Waals surface area (Å²) >= 11 is 0. The van der Waals surface area contributed by atoms with Crippen molar-refractivity contribution in [3.8, 4) is 0 Å². The Balaban J connectivity index is 1.60. The lowest BCUT2D eigenvalue weighted by Gasteiger charge is -2.30. The first-order valence-corrected chi connectivity index (χ1v) is 7.54. The normalized spacial score (nSPS) is 20.9. The molecule has 19 heavy (non-hydrogen) atoms. The summed E-state index contributed by atoms with van der Waals surface area (Å²) in [5.74, 6) is 1.75. The van der Waals surface area contributed by atoms with Gasteiger partial charge in [-0.1, -0.05) is 0 Å². The quantitative estimate of drug-likeness (QED) is 0.875. The Labute approximate surface area is 115 Å². The molecule has 0 bridgehead atoms. The zero-order chi connectivity index (χ0) is 13.1. The van der Waals surface area contributed by atoms with E-state index in [2.05, 4.69) is 26.3 Å². The molecule has 0 unspecified atom stereocenters. The van der Waals surface area contributed by atoms with Crippen LogP contribution in [0.15, 0.2) is 12.3 Å². The highest BCUT2D eigenvalue weighted by Crippen LogP contribution is 2.30. The monoisotopic (exact) mass is 260 g/mol. The summed E-state index contributed by atoms with van der Waals surface area (Å²) in [7, 11) is 0. The molecule has 0 aromatic carbocycles. The number of hydrogen-bond donors (Lipinski definition) is 1. The number of aryl methyl sites for hydroxylation is 1. The van der Waals surface area contributed by atoms with E-state index in [9.17, 15) is 0 Å². The molecule has 0 spiro atoms. The second-order valence-electron chi connectivity index (χ2n) is 5.95. The van der Waals surface area contributed by atoms with Crippen molar-refractivity contribution in [3.05, 3.63) is 23.8 Å². The lowest BCUT2D eigenvalue weighted by molar-refractivity contribution is 0.188. The average Bonchev–Trinajstić information content (AvgIpc) is 3.23. The van der Waals surface area contributed by atoms with Gasteiger partial charge in [0.1, 0.15) is 5.82 Å². The zero-order valence-electron chi connectivity index (χ0n) is 11.8. The lowest BCUT2D eigenvalue weighted by atomic mass is 9.97. The van der Waals surface area contributed by atoms with Crippen LogP contribution in [0, 0.1) is 12.8 Å². The van der Waals surface area contributed by atoms with Gasteiger partial charge in [0.05, 0.1) is 5.69 Å². The summed E-state index contributed by atoms with van der Waals surface area (Å²) in [6.45, 7) is 6.59. The first kappa shape index (κ1) is 13.0. The highest BCUT2D eigenvalue weighted by molar-refractivity contribution is 5.03. The van der Waals surface area contributed by atoms with E-state index in [1.165, 1.54) is 51.0 Å². The molecular weight excluding hydrogens is 236 g/mol. The van der Waals surface area contributed by atoms with Crippen LogP contribution in [0.3, 0.4) is 0 Å². The van der Waals surface area contributed by atoms with Crippen molar-refractivity contribution >= 4 is 0 Å². The molecule has 1 aliphatic carbocycles. The minimum atomic E-state index is 0.810. The highest BCUT2D eigenvalue weighted by Gasteiger charge is 2.31. The highest BCUT2D eigenvalue weighted by atomic mass is 15.2. The Kier molecular flexibility index (Phi) is 4.09. The lowest BCUT2D eigenvalue weighted by Crippen LogP contribution is -2.37. The molecule has 1 saturated heterocycles. The maximum absolute atomic E-state index is 4.55. The first-order valence-electron chi connectivity index (χ1n) is 7.54. The molecule has 104 valence electrons. The van der Waals surface area contributed by atoms with E-state index in [1.807, 2.05) is 13.1 Å². The predicted molar refractivity (Wildman–Crippen MR) is 75.8 cm³/mol. The number of piperidine rings is 1. The molecule has 1 saturated carbocycles. The van der Waals surface area contributed by atoms with Gasteiger partial charge < -0.3 is 5.32 Å². The molecule has 2 heterocycles. The van der Waals surface area contributed by atoms with E-state index in [0.29, 0.717) is 0 Å². The molecule has 4 heteroatoms. The van der Waals surface area contributed by atoms with Gasteiger partial charge in [0.2, 0.25) is 0 Å². The Hall–Kier alpha value is -1.00. The molecule has 1 aromatic rings. The Bertz CT molecular complexity index is 410. The molecule has 0 atom stereocenters. The molecule has 1 aliphatic heterocycles. The third kappa shape index (κ3) is 3.74. The summed E-state index contributed by atoms with van der Waals surface area (Å²) in [4.78, 5) is 11.4. The van der Waals surface area contributed by atoms with Gasteiger partial charge in [-0.05, 0) is 57.7 Å².